The second-order valence-corrected chi connectivity index (χ2v) is 3.96. The highest BCUT2D eigenvalue weighted by atomic mass is 16.2. The maximum absolute atomic E-state index is 11.4. The maximum atomic E-state index is 11.4. The zero-order valence-corrected chi connectivity index (χ0v) is 9.71. The Morgan fingerprint density at radius 1 is 1.50 bits per heavy atom. The SMILES string of the molecule is CCN(C)CCNC(=O)[C@H](N)C(C)C. The molecule has 4 nitrogen and oxygen atoms in total. The lowest BCUT2D eigenvalue weighted by molar-refractivity contribution is -0.123. The number of nitrogens with two attached hydrogens (primary N) is 1. The van der Waals surface area contributed by atoms with Gasteiger partial charge in [0, 0.05) is 13.1 Å². The highest BCUT2D eigenvalue weighted by molar-refractivity contribution is 5.81. The minimum absolute atomic E-state index is 0.0514. The molecule has 0 heterocycles. The van der Waals surface area contributed by atoms with Crippen molar-refractivity contribution in [1.82, 2.24) is 10.2 Å². The van der Waals surface area contributed by atoms with E-state index in [1.165, 1.54) is 0 Å². The first-order chi connectivity index (χ1) is 6.49. The molecule has 3 N–H and O–H groups in total. The average Bonchev–Trinajstić information content (AvgIpc) is 2.15. The number of carbonyl (C=O) groups excluding carboxylic acids is 1. The molecular weight excluding hydrogens is 178 g/mol. The van der Waals surface area contributed by atoms with E-state index in [4.69, 9.17) is 5.73 Å². The standard InChI is InChI=1S/C10H23N3O/c1-5-13(4)7-6-12-10(14)9(11)8(2)3/h8-9H,5-7,11H2,1-4H3,(H,12,14)/t9-/m1/s1. The summed E-state index contributed by atoms with van der Waals surface area (Å²) in [5.74, 6) is 0.142. The molecule has 0 saturated heterocycles. The van der Waals surface area contributed by atoms with E-state index in [0.717, 1.165) is 13.1 Å². The van der Waals surface area contributed by atoms with Crippen LogP contribution in [0.4, 0.5) is 0 Å². The molecule has 0 aliphatic rings. The number of carbonyl (C=O) groups is 1. The molecule has 0 rings (SSSR count). The van der Waals surface area contributed by atoms with Crippen molar-refractivity contribution >= 4 is 5.91 Å². The molecule has 0 aromatic carbocycles. The third-order valence-corrected chi connectivity index (χ3v) is 2.35. The van der Waals surface area contributed by atoms with E-state index in [2.05, 4.69) is 17.1 Å². The van der Waals surface area contributed by atoms with E-state index in [9.17, 15) is 4.79 Å². The van der Waals surface area contributed by atoms with E-state index in [0.29, 0.717) is 6.54 Å². The van der Waals surface area contributed by atoms with Gasteiger partial charge in [0.15, 0.2) is 0 Å². The van der Waals surface area contributed by atoms with Crippen molar-refractivity contribution in [3.63, 3.8) is 0 Å². The largest absolute Gasteiger partial charge is 0.353 e. The number of hydrogen-bond donors (Lipinski definition) is 2. The molecule has 0 spiro atoms. The van der Waals surface area contributed by atoms with Gasteiger partial charge in [-0.05, 0) is 19.5 Å². The van der Waals surface area contributed by atoms with Crippen molar-refractivity contribution in [1.29, 1.82) is 0 Å². The van der Waals surface area contributed by atoms with Gasteiger partial charge in [0.25, 0.3) is 0 Å². The summed E-state index contributed by atoms with van der Waals surface area (Å²) in [6.45, 7) is 8.51. The van der Waals surface area contributed by atoms with Crippen LogP contribution < -0.4 is 11.1 Å². The maximum Gasteiger partial charge on any atom is 0.237 e. The van der Waals surface area contributed by atoms with E-state index in [1.54, 1.807) is 0 Å². The van der Waals surface area contributed by atoms with Gasteiger partial charge < -0.3 is 16.0 Å². The van der Waals surface area contributed by atoms with Crippen molar-refractivity contribution in [3.05, 3.63) is 0 Å². The van der Waals surface area contributed by atoms with Gasteiger partial charge in [0.05, 0.1) is 6.04 Å². The summed E-state index contributed by atoms with van der Waals surface area (Å²) in [6, 6.07) is -0.387. The number of rotatable bonds is 6. The first-order valence-electron chi connectivity index (χ1n) is 5.20. The number of likely N-dealkylation sites (N-methyl/N-ethyl adjacent to an activating group) is 1. The van der Waals surface area contributed by atoms with Gasteiger partial charge >= 0.3 is 0 Å². The molecular formula is C10H23N3O. The molecule has 0 radical (unpaired) electrons. The molecule has 0 unspecified atom stereocenters. The van der Waals surface area contributed by atoms with Crippen molar-refractivity contribution in [2.45, 2.75) is 26.8 Å². The number of nitrogens with one attached hydrogen (secondary N) is 1. The van der Waals surface area contributed by atoms with E-state index >= 15 is 0 Å². The molecule has 14 heavy (non-hydrogen) atoms. The van der Waals surface area contributed by atoms with Gasteiger partial charge in [-0.3, -0.25) is 4.79 Å². The minimum atomic E-state index is -0.387. The molecule has 0 aromatic heterocycles. The Labute approximate surface area is 86.8 Å². The van der Waals surface area contributed by atoms with Crippen molar-refractivity contribution in [2.24, 2.45) is 11.7 Å². The van der Waals surface area contributed by atoms with Gasteiger partial charge in [-0.25, -0.2) is 0 Å². The summed E-state index contributed by atoms with van der Waals surface area (Å²) in [5, 5.41) is 2.82. The molecule has 0 saturated carbocycles. The van der Waals surface area contributed by atoms with Crippen LogP contribution in [0.25, 0.3) is 0 Å². The fourth-order valence-corrected chi connectivity index (χ4v) is 0.949. The predicted octanol–water partition coefficient (Wildman–Crippen LogP) is 0.0376. The molecule has 0 aliphatic carbocycles. The van der Waals surface area contributed by atoms with Crippen LogP contribution in [0.1, 0.15) is 20.8 Å². The summed E-state index contributed by atoms with van der Waals surface area (Å²) in [4.78, 5) is 13.5. The number of amides is 1. The van der Waals surface area contributed by atoms with Crippen LogP contribution in [0.2, 0.25) is 0 Å². The topological polar surface area (TPSA) is 58.4 Å². The second-order valence-electron chi connectivity index (χ2n) is 3.96. The molecule has 4 heteroatoms. The number of hydrogen-bond acceptors (Lipinski definition) is 3. The fraction of sp³-hybridized carbons (Fsp3) is 0.900. The highest BCUT2D eigenvalue weighted by Crippen LogP contribution is 1.97. The van der Waals surface area contributed by atoms with Crippen molar-refractivity contribution < 1.29 is 4.79 Å². The molecule has 0 aliphatic heterocycles. The molecule has 0 bridgehead atoms. The molecule has 0 aromatic rings. The lowest BCUT2D eigenvalue weighted by Crippen LogP contribution is -2.45. The Kier molecular flexibility index (Phi) is 6.49. The van der Waals surface area contributed by atoms with Crippen molar-refractivity contribution in [2.75, 3.05) is 26.7 Å². The van der Waals surface area contributed by atoms with Crippen LogP contribution in [0, 0.1) is 5.92 Å². The van der Waals surface area contributed by atoms with Gasteiger partial charge in [-0.15, -0.1) is 0 Å². The van der Waals surface area contributed by atoms with E-state index in [1.807, 2.05) is 20.9 Å². The van der Waals surface area contributed by atoms with Crippen LogP contribution in [0.3, 0.4) is 0 Å². The summed E-state index contributed by atoms with van der Waals surface area (Å²) in [7, 11) is 2.02. The lowest BCUT2D eigenvalue weighted by atomic mass is 10.1. The van der Waals surface area contributed by atoms with Crippen LogP contribution in [0.5, 0.6) is 0 Å². The molecule has 0 fully saturated rings. The van der Waals surface area contributed by atoms with E-state index < -0.39 is 0 Å². The number of nitrogens with zero attached hydrogens (tertiary/aromatic N) is 1. The Morgan fingerprint density at radius 3 is 2.50 bits per heavy atom. The second kappa shape index (κ2) is 6.79. The quantitative estimate of drug-likeness (QED) is 0.638. The van der Waals surface area contributed by atoms with E-state index in [-0.39, 0.29) is 17.9 Å². The Hall–Kier alpha value is -0.610. The third-order valence-electron chi connectivity index (χ3n) is 2.35. The Morgan fingerprint density at radius 2 is 2.07 bits per heavy atom. The van der Waals surface area contributed by atoms with Crippen molar-refractivity contribution in [3.8, 4) is 0 Å². The summed E-state index contributed by atoms with van der Waals surface area (Å²) in [5.41, 5.74) is 5.68. The zero-order valence-electron chi connectivity index (χ0n) is 9.71. The van der Waals surface area contributed by atoms with Crippen LogP contribution in [0.15, 0.2) is 0 Å². The van der Waals surface area contributed by atoms with Gasteiger partial charge in [0.2, 0.25) is 5.91 Å². The Bertz CT molecular complexity index is 171. The molecule has 1 atom stereocenters. The normalized spacial score (nSPS) is 13.4. The summed E-state index contributed by atoms with van der Waals surface area (Å²) < 4.78 is 0. The zero-order chi connectivity index (χ0) is 11.1. The first-order valence-corrected chi connectivity index (χ1v) is 5.20. The smallest absolute Gasteiger partial charge is 0.237 e. The highest BCUT2D eigenvalue weighted by Gasteiger charge is 2.16. The lowest BCUT2D eigenvalue weighted by Gasteiger charge is -2.17. The average molecular weight is 201 g/mol. The summed E-state index contributed by atoms with van der Waals surface area (Å²) in [6.07, 6.45) is 0. The van der Waals surface area contributed by atoms with Crippen LogP contribution >= 0.6 is 0 Å². The monoisotopic (exact) mass is 201 g/mol. The molecule has 84 valence electrons. The third kappa shape index (κ3) is 5.19. The van der Waals surface area contributed by atoms with Gasteiger partial charge in [-0.2, -0.15) is 0 Å². The Balaban J connectivity index is 3.64. The fourth-order valence-electron chi connectivity index (χ4n) is 0.949. The summed E-state index contributed by atoms with van der Waals surface area (Å²) >= 11 is 0. The van der Waals surface area contributed by atoms with Gasteiger partial charge in [-0.1, -0.05) is 20.8 Å². The van der Waals surface area contributed by atoms with Crippen LogP contribution in [-0.2, 0) is 4.79 Å². The molecule has 1 amide bonds. The predicted molar refractivity (Wildman–Crippen MR) is 59.0 cm³/mol. The first kappa shape index (κ1) is 13.4. The minimum Gasteiger partial charge on any atom is -0.353 e. The van der Waals surface area contributed by atoms with Gasteiger partial charge in [0.1, 0.15) is 0 Å². The van der Waals surface area contributed by atoms with Crippen LogP contribution in [-0.4, -0.2) is 43.5 Å².